The largest absolute Gasteiger partial charge is 0.619 e. The van der Waals surface area contributed by atoms with Crippen LogP contribution in [0.15, 0.2) is 54.9 Å². The van der Waals surface area contributed by atoms with Crippen LogP contribution in [0.3, 0.4) is 0 Å². The minimum atomic E-state index is -0.514. The van der Waals surface area contributed by atoms with E-state index in [0.29, 0.717) is 0 Å². The number of phenolic OH excluding ortho intramolecular Hbond substituents is 1. The smallest absolute Gasteiger partial charge is 0.269 e. The Bertz CT molecular complexity index is 471. The molecule has 1 aromatic carbocycles. The van der Waals surface area contributed by atoms with Gasteiger partial charge in [0.1, 0.15) is 5.75 Å². The Kier molecular flexibility index (Phi) is 4.44. The monoisotopic (exact) mass is 234 g/mol. The third-order valence-corrected chi connectivity index (χ3v) is 1.75. The van der Waals surface area contributed by atoms with Gasteiger partial charge in [-0.3, -0.25) is 10.1 Å². The summed E-state index contributed by atoms with van der Waals surface area (Å²) >= 11 is 0. The molecule has 0 aliphatic rings. The maximum Gasteiger partial charge on any atom is 0.269 e. The number of pyridine rings is 1. The summed E-state index contributed by atoms with van der Waals surface area (Å²) in [6.07, 6.45) is 2.89. The number of nitro benzene ring substituents is 1. The van der Waals surface area contributed by atoms with Crippen molar-refractivity contribution in [2.24, 2.45) is 0 Å². The average Bonchev–Trinajstić information content (AvgIpc) is 2.31. The van der Waals surface area contributed by atoms with Gasteiger partial charge >= 0.3 is 0 Å². The Labute approximate surface area is 97.1 Å². The van der Waals surface area contributed by atoms with Gasteiger partial charge in [0, 0.05) is 24.3 Å². The van der Waals surface area contributed by atoms with Crippen LogP contribution in [0.2, 0.25) is 0 Å². The number of phenols is 1. The molecule has 0 spiro atoms. The molecule has 0 bridgehead atoms. The van der Waals surface area contributed by atoms with Crippen LogP contribution in [0.4, 0.5) is 5.69 Å². The van der Waals surface area contributed by atoms with Crippen molar-refractivity contribution in [3.63, 3.8) is 0 Å². The Morgan fingerprint density at radius 2 is 1.59 bits per heavy atom. The summed E-state index contributed by atoms with van der Waals surface area (Å²) in [4.78, 5) is 9.52. The molecule has 0 fully saturated rings. The van der Waals surface area contributed by atoms with Gasteiger partial charge in [0.25, 0.3) is 5.69 Å². The average molecular weight is 234 g/mol. The lowest BCUT2D eigenvalue weighted by molar-refractivity contribution is -0.605. The first-order chi connectivity index (χ1) is 8.09. The molecule has 2 rings (SSSR count). The number of nitrogens with zero attached hydrogens (tertiary/aromatic N) is 2. The van der Waals surface area contributed by atoms with Crippen molar-refractivity contribution in [3.8, 4) is 5.75 Å². The fraction of sp³-hybridized carbons (Fsp3) is 0. The Balaban J connectivity index is 0.000000181. The molecule has 88 valence electrons. The van der Waals surface area contributed by atoms with E-state index >= 15 is 0 Å². The standard InChI is InChI=1S/C6H5NO3.C5H5NO/c8-6-3-1-5(2-4-6)7(9)10;7-6-4-2-1-3-5-6/h1-4,8H;1-5H. The van der Waals surface area contributed by atoms with Crippen molar-refractivity contribution in [2.75, 3.05) is 0 Å². The summed E-state index contributed by atoms with van der Waals surface area (Å²) in [6.45, 7) is 0. The number of rotatable bonds is 1. The van der Waals surface area contributed by atoms with Gasteiger partial charge in [0.05, 0.1) is 4.92 Å². The number of hydrogen-bond donors (Lipinski definition) is 1. The molecule has 1 N–H and O–H groups in total. The zero-order valence-electron chi connectivity index (χ0n) is 8.76. The number of aromatic nitrogens is 1. The molecule has 0 aliphatic heterocycles. The highest BCUT2D eigenvalue weighted by molar-refractivity contribution is 5.34. The molecule has 0 saturated carbocycles. The van der Waals surface area contributed by atoms with Gasteiger partial charge in [0.15, 0.2) is 12.4 Å². The topological polar surface area (TPSA) is 90.3 Å². The van der Waals surface area contributed by atoms with Crippen molar-refractivity contribution >= 4 is 5.69 Å². The third-order valence-electron chi connectivity index (χ3n) is 1.75. The zero-order valence-corrected chi connectivity index (χ0v) is 8.76. The van der Waals surface area contributed by atoms with Gasteiger partial charge in [-0.1, -0.05) is 6.07 Å². The molecule has 0 atom stereocenters. The first-order valence-corrected chi connectivity index (χ1v) is 4.67. The first kappa shape index (κ1) is 12.4. The first-order valence-electron chi connectivity index (χ1n) is 4.67. The van der Waals surface area contributed by atoms with Gasteiger partial charge < -0.3 is 10.3 Å². The van der Waals surface area contributed by atoms with Crippen molar-refractivity contribution in [2.45, 2.75) is 0 Å². The number of hydrogen-bond acceptors (Lipinski definition) is 4. The van der Waals surface area contributed by atoms with Gasteiger partial charge in [-0.2, -0.15) is 4.73 Å². The second-order valence-electron chi connectivity index (χ2n) is 3.01. The van der Waals surface area contributed by atoms with Crippen molar-refractivity contribution in [3.05, 3.63) is 70.2 Å². The van der Waals surface area contributed by atoms with E-state index in [1.807, 2.05) is 0 Å². The maximum absolute atomic E-state index is 10.2. The molecular formula is C11H10N2O4. The molecule has 6 nitrogen and oxygen atoms in total. The number of nitro groups is 1. The normalized spacial score (nSPS) is 8.94. The van der Waals surface area contributed by atoms with Crippen molar-refractivity contribution in [1.29, 1.82) is 0 Å². The van der Waals surface area contributed by atoms with E-state index in [4.69, 9.17) is 5.11 Å². The molecule has 1 heterocycles. The lowest BCUT2D eigenvalue weighted by Gasteiger charge is -1.89. The van der Waals surface area contributed by atoms with E-state index in [1.165, 1.54) is 36.7 Å². The molecule has 0 unspecified atom stereocenters. The van der Waals surface area contributed by atoms with Crippen LogP contribution in [0, 0.1) is 15.3 Å². The molecule has 0 saturated heterocycles. The summed E-state index contributed by atoms with van der Waals surface area (Å²) in [5.74, 6) is 0.0330. The van der Waals surface area contributed by atoms with Crippen LogP contribution < -0.4 is 4.73 Å². The second-order valence-corrected chi connectivity index (χ2v) is 3.01. The molecule has 1 aromatic heterocycles. The number of benzene rings is 1. The SMILES string of the molecule is O=[N+]([O-])c1ccc(O)cc1.[O-][n+]1ccccc1. The highest BCUT2D eigenvalue weighted by Gasteiger charge is 2.01. The summed E-state index contributed by atoms with van der Waals surface area (Å²) in [7, 11) is 0. The van der Waals surface area contributed by atoms with Crippen molar-refractivity contribution in [1.82, 2.24) is 0 Å². The van der Waals surface area contributed by atoms with E-state index in [-0.39, 0.29) is 11.4 Å². The molecule has 0 amide bonds. The van der Waals surface area contributed by atoms with Crippen LogP contribution >= 0.6 is 0 Å². The van der Waals surface area contributed by atoms with Crippen LogP contribution in [0.1, 0.15) is 0 Å². The molecule has 0 aliphatic carbocycles. The van der Waals surface area contributed by atoms with Crippen LogP contribution in [-0.2, 0) is 0 Å². The minimum absolute atomic E-state index is 0.0159. The predicted octanol–water partition coefficient (Wildman–Crippen LogP) is 1.62. The molecule has 6 heteroatoms. The lowest BCUT2D eigenvalue weighted by atomic mass is 10.3. The van der Waals surface area contributed by atoms with E-state index in [2.05, 4.69) is 0 Å². The molecule has 0 radical (unpaired) electrons. The second kappa shape index (κ2) is 6.06. The third kappa shape index (κ3) is 4.61. The van der Waals surface area contributed by atoms with Crippen molar-refractivity contribution < 1.29 is 14.8 Å². The Hall–Kier alpha value is -2.63. The summed E-state index contributed by atoms with van der Waals surface area (Å²) in [5.41, 5.74) is -0.0159. The minimum Gasteiger partial charge on any atom is -0.619 e. The Morgan fingerprint density at radius 3 is 1.94 bits per heavy atom. The summed E-state index contributed by atoms with van der Waals surface area (Å²) < 4.78 is 0.750. The molecule has 17 heavy (non-hydrogen) atoms. The highest BCUT2D eigenvalue weighted by Crippen LogP contribution is 2.14. The van der Waals surface area contributed by atoms with E-state index in [9.17, 15) is 15.3 Å². The zero-order chi connectivity index (χ0) is 12.7. The van der Waals surface area contributed by atoms with E-state index in [1.54, 1.807) is 18.2 Å². The van der Waals surface area contributed by atoms with Gasteiger partial charge in [-0.25, -0.2) is 0 Å². The quantitative estimate of drug-likeness (QED) is 0.351. The highest BCUT2D eigenvalue weighted by atomic mass is 16.6. The number of aromatic hydroxyl groups is 1. The molecular weight excluding hydrogens is 224 g/mol. The van der Waals surface area contributed by atoms with E-state index < -0.39 is 4.92 Å². The fourth-order valence-corrected chi connectivity index (χ4v) is 0.957. The van der Waals surface area contributed by atoms with Crippen LogP contribution in [-0.4, -0.2) is 10.0 Å². The van der Waals surface area contributed by atoms with E-state index in [0.717, 1.165) is 4.73 Å². The number of non-ortho nitro benzene ring substituents is 1. The van der Waals surface area contributed by atoms with Crippen LogP contribution in [0.5, 0.6) is 5.75 Å². The van der Waals surface area contributed by atoms with Gasteiger partial charge in [0.2, 0.25) is 0 Å². The summed E-state index contributed by atoms with van der Waals surface area (Å²) in [5, 5.41) is 28.9. The maximum atomic E-state index is 10.2. The van der Waals surface area contributed by atoms with Gasteiger partial charge in [-0.15, -0.1) is 0 Å². The fourth-order valence-electron chi connectivity index (χ4n) is 0.957. The lowest BCUT2D eigenvalue weighted by Crippen LogP contribution is -2.22. The molecule has 2 aromatic rings. The van der Waals surface area contributed by atoms with Gasteiger partial charge in [-0.05, 0) is 12.1 Å². The summed E-state index contributed by atoms with van der Waals surface area (Å²) in [6, 6.07) is 10.2. The predicted molar refractivity (Wildman–Crippen MR) is 60.2 cm³/mol. The van der Waals surface area contributed by atoms with Crippen LogP contribution in [0.25, 0.3) is 0 Å². The Morgan fingerprint density at radius 1 is 1.06 bits per heavy atom.